The smallest absolute Gasteiger partial charge is 0.101 e. The average Bonchev–Trinajstić information content (AvgIpc) is 3.18. The monoisotopic (exact) mass is 348 g/mol. The van der Waals surface area contributed by atoms with Crippen molar-refractivity contribution >= 4 is 11.6 Å². The van der Waals surface area contributed by atoms with E-state index in [-0.39, 0.29) is 0 Å². The third-order valence-corrected chi connectivity index (χ3v) is 4.17. The minimum atomic E-state index is 0.500. The van der Waals surface area contributed by atoms with Crippen molar-refractivity contribution in [1.82, 2.24) is 14.8 Å². The quantitative estimate of drug-likeness (QED) is 0.488. The number of aromatic nitrogens is 3. The van der Waals surface area contributed by atoms with Gasteiger partial charge in [0.05, 0.1) is 22.6 Å². The van der Waals surface area contributed by atoms with E-state index in [0.29, 0.717) is 11.3 Å². The largest absolute Gasteiger partial charge is 0.256 e. The van der Waals surface area contributed by atoms with Gasteiger partial charge in [0.15, 0.2) is 0 Å². The summed E-state index contributed by atoms with van der Waals surface area (Å²) in [6, 6.07) is 27.7. The summed E-state index contributed by atoms with van der Waals surface area (Å²) in [6.45, 7) is 0. The van der Waals surface area contributed by atoms with E-state index in [1.807, 2.05) is 95.8 Å². The van der Waals surface area contributed by atoms with Crippen LogP contribution in [0.4, 0.5) is 0 Å². The Bertz CT molecular complexity index is 1110. The Kier molecular flexibility index (Phi) is 4.59. The molecule has 128 valence electrons. The molecule has 2 aromatic carbocycles. The van der Waals surface area contributed by atoms with Gasteiger partial charge in [-0.15, -0.1) is 0 Å². The second-order valence-corrected chi connectivity index (χ2v) is 5.96. The lowest BCUT2D eigenvalue weighted by molar-refractivity contribution is 0.884. The Morgan fingerprint density at radius 2 is 1.59 bits per heavy atom. The van der Waals surface area contributed by atoms with Gasteiger partial charge >= 0.3 is 0 Å². The fourth-order valence-corrected chi connectivity index (χ4v) is 2.87. The lowest BCUT2D eigenvalue weighted by Crippen LogP contribution is -1.93. The summed E-state index contributed by atoms with van der Waals surface area (Å²) in [7, 11) is 0. The number of hydrogen-bond donors (Lipinski definition) is 0. The fourth-order valence-electron chi connectivity index (χ4n) is 2.87. The molecule has 2 aromatic heterocycles. The van der Waals surface area contributed by atoms with Gasteiger partial charge in [0.1, 0.15) is 6.07 Å². The van der Waals surface area contributed by atoms with E-state index in [0.717, 1.165) is 22.5 Å². The molecule has 2 heterocycles. The van der Waals surface area contributed by atoms with E-state index in [4.69, 9.17) is 5.10 Å². The molecule has 4 nitrogen and oxygen atoms in total. The molecule has 0 saturated heterocycles. The van der Waals surface area contributed by atoms with Gasteiger partial charge in [-0.2, -0.15) is 10.4 Å². The second-order valence-electron chi connectivity index (χ2n) is 5.96. The van der Waals surface area contributed by atoms with Crippen molar-refractivity contribution in [1.29, 1.82) is 5.26 Å². The molecule has 0 amide bonds. The molecule has 0 fully saturated rings. The molecule has 0 radical (unpaired) electrons. The van der Waals surface area contributed by atoms with E-state index in [9.17, 15) is 5.26 Å². The molecule has 0 spiro atoms. The van der Waals surface area contributed by atoms with E-state index in [2.05, 4.69) is 11.1 Å². The van der Waals surface area contributed by atoms with Crippen LogP contribution in [0, 0.1) is 11.3 Å². The fraction of sp³-hybridized carbons (Fsp3) is 0. The normalized spacial score (nSPS) is 11.1. The lowest BCUT2D eigenvalue weighted by atomic mass is 10.0. The van der Waals surface area contributed by atoms with Crippen molar-refractivity contribution in [2.45, 2.75) is 0 Å². The number of para-hydroxylation sites is 1. The summed E-state index contributed by atoms with van der Waals surface area (Å²) in [5, 5.41) is 14.4. The van der Waals surface area contributed by atoms with Crippen molar-refractivity contribution in [3.05, 3.63) is 103 Å². The molecule has 0 saturated carbocycles. The molecule has 0 aliphatic carbocycles. The van der Waals surface area contributed by atoms with E-state index in [1.54, 1.807) is 6.20 Å². The van der Waals surface area contributed by atoms with E-state index in [1.165, 1.54) is 0 Å². The number of nitriles is 1. The zero-order valence-electron chi connectivity index (χ0n) is 14.5. The Labute approximate surface area is 157 Å². The zero-order valence-corrected chi connectivity index (χ0v) is 14.5. The summed E-state index contributed by atoms with van der Waals surface area (Å²) in [5.74, 6) is 0. The summed E-state index contributed by atoms with van der Waals surface area (Å²) in [6.07, 6.45) is 5.47. The zero-order chi connectivity index (χ0) is 18.5. The first-order chi connectivity index (χ1) is 13.3. The minimum Gasteiger partial charge on any atom is -0.256 e. The minimum absolute atomic E-state index is 0.500. The van der Waals surface area contributed by atoms with Gasteiger partial charge in [-0.1, -0.05) is 54.6 Å². The molecule has 4 aromatic rings. The summed E-state index contributed by atoms with van der Waals surface area (Å²) in [5.41, 5.74) is 4.80. The van der Waals surface area contributed by atoms with Gasteiger partial charge < -0.3 is 0 Å². The van der Waals surface area contributed by atoms with Crippen LogP contribution in [0.25, 0.3) is 28.6 Å². The van der Waals surface area contributed by atoms with Crippen molar-refractivity contribution in [3.8, 4) is 23.0 Å². The van der Waals surface area contributed by atoms with Gasteiger partial charge in [-0.3, -0.25) is 4.98 Å². The molecular weight excluding hydrogens is 332 g/mol. The Morgan fingerprint density at radius 1 is 0.889 bits per heavy atom. The summed E-state index contributed by atoms with van der Waals surface area (Å²) < 4.78 is 1.83. The van der Waals surface area contributed by atoms with Crippen LogP contribution in [0.5, 0.6) is 0 Å². The molecule has 27 heavy (non-hydrogen) atoms. The van der Waals surface area contributed by atoms with Crippen molar-refractivity contribution in [3.63, 3.8) is 0 Å². The van der Waals surface area contributed by atoms with Crippen LogP contribution in [-0.4, -0.2) is 14.8 Å². The number of rotatable bonds is 4. The third-order valence-electron chi connectivity index (χ3n) is 4.17. The average molecular weight is 348 g/mol. The maximum Gasteiger partial charge on any atom is 0.101 e. The number of hydrogen-bond acceptors (Lipinski definition) is 3. The first kappa shape index (κ1) is 16.5. The van der Waals surface area contributed by atoms with E-state index >= 15 is 0 Å². The van der Waals surface area contributed by atoms with Crippen molar-refractivity contribution < 1.29 is 0 Å². The molecule has 0 bridgehead atoms. The standard InChI is InChI=1S/C23H16N4/c24-16-19(22-13-7-8-14-25-22)15-20-17-27(21-11-5-2-6-12-21)26-23(20)18-9-3-1-4-10-18/h1-15,17H/b19-15+. The Hall–Kier alpha value is -3.97. The Balaban J connectivity index is 1.87. The van der Waals surface area contributed by atoms with Crippen molar-refractivity contribution in [2.75, 3.05) is 0 Å². The number of nitrogens with zero attached hydrogens (tertiary/aromatic N) is 4. The van der Waals surface area contributed by atoms with Crippen LogP contribution in [0.2, 0.25) is 0 Å². The highest BCUT2D eigenvalue weighted by Crippen LogP contribution is 2.27. The van der Waals surface area contributed by atoms with Crippen LogP contribution in [-0.2, 0) is 0 Å². The lowest BCUT2D eigenvalue weighted by Gasteiger charge is -2.00. The predicted octanol–water partition coefficient (Wildman–Crippen LogP) is 5.00. The molecular formula is C23H16N4. The number of pyridine rings is 1. The third kappa shape index (κ3) is 3.53. The molecule has 4 rings (SSSR count). The topological polar surface area (TPSA) is 54.5 Å². The van der Waals surface area contributed by atoms with E-state index < -0.39 is 0 Å². The number of benzene rings is 2. The molecule has 0 aliphatic rings. The van der Waals surface area contributed by atoms with Crippen LogP contribution in [0.1, 0.15) is 11.3 Å². The highest BCUT2D eigenvalue weighted by Gasteiger charge is 2.12. The maximum absolute atomic E-state index is 9.64. The predicted molar refractivity (Wildman–Crippen MR) is 107 cm³/mol. The highest BCUT2D eigenvalue weighted by molar-refractivity contribution is 5.91. The highest BCUT2D eigenvalue weighted by atomic mass is 15.3. The maximum atomic E-state index is 9.64. The van der Waals surface area contributed by atoms with Crippen molar-refractivity contribution in [2.24, 2.45) is 0 Å². The van der Waals surface area contributed by atoms with Crippen LogP contribution < -0.4 is 0 Å². The number of allylic oxidation sites excluding steroid dienone is 1. The molecule has 4 heteroatoms. The van der Waals surface area contributed by atoms with Gasteiger partial charge in [-0.05, 0) is 30.3 Å². The molecule has 0 aliphatic heterocycles. The molecule has 0 atom stereocenters. The molecule has 0 N–H and O–H groups in total. The Morgan fingerprint density at radius 3 is 2.26 bits per heavy atom. The first-order valence-corrected chi connectivity index (χ1v) is 8.59. The van der Waals surface area contributed by atoms with Gasteiger partial charge in [0.2, 0.25) is 0 Å². The van der Waals surface area contributed by atoms with Gasteiger partial charge in [-0.25, -0.2) is 4.68 Å². The SMILES string of the molecule is N#C/C(=C\c1cn(-c2ccccc2)nc1-c1ccccc1)c1ccccn1. The van der Waals surface area contributed by atoms with Gasteiger partial charge in [0.25, 0.3) is 0 Å². The molecule has 0 unspecified atom stereocenters. The van der Waals surface area contributed by atoms with Crippen LogP contribution in [0.15, 0.2) is 91.3 Å². The summed E-state index contributed by atoms with van der Waals surface area (Å²) >= 11 is 0. The van der Waals surface area contributed by atoms with Crippen LogP contribution >= 0.6 is 0 Å². The first-order valence-electron chi connectivity index (χ1n) is 8.59. The second kappa shape index (κ2) is 7.51. The summed E-state index contributed by atoms with van der Waals surface area (Å²) in [4.78, 5) is 4.30. The van der Waals surface area contributed by atoms with Gasteiger partial charge in [0, 0.05) is 23.5 Å². The van der Waals surface area contributed by atoms with Crippen LogP contribution in [0.3, 0.4) is 0 Å².